The Balaban J connectivity index is 2.68. The van der Waals surface area contributed by atoms with E-state index in [4.69, 9.17) is 9.47 Å². The zero-order chi connectivity index (χ0) is 11.9. The predicted molar refractivity (Wildman–Crippen MR) is 57.9 cm³/mol. The first-order valence-electron chi connectivity index (χ1n) is 4.99. The average Bonchev–Trinajstić information content (AvgIpc) is 2.61. The van der Waals surface area contributed by atoms with Crippen molar-refractivity contribution in [1.82, 2.24) is 0 Å². The van der Waals surface area contributed by atoms with Gasteiger partial charge in [0.05, 0.1) is 4.92 Å². The fraction of sp³-hybridized carbons (Fsp3) is 0.455. The first-order chi connectivity index (χ1) is 7.41. The van der Waals surface area contributed by atoms with E-state index in [0.29, 0.717) is 11.3 Å². The molecule has 1 heterocycles. The fourth-order valence-electron chi connectivity index (χ4n) is 1.74. The molecule has 0 saturated heterocycles. The van der Waals surface area contributed by atoms with Crippen molar-refractivity contribution in [3.8, 4) is 11.5 Å². The molecule has 0 aromatic heterocycles. The standard InChI is InChI=1S/C11H13NO4/c1-11(2,3)7-4-5-8-10(16-6-15-8)9(7)12(13)14/h4-5H,6H2,1-3H3. The van der Waals surface area contributed by atoms with E-state index < -0.39 is 4.92 Å². The van der Waals surface area contributed by atoms with Crippen molar-refractivity contribution in [1.29, 1.82) is 0 Å². The minimum absolute atomic E-state index is 0.0162. The number of rotatable bonds is 1. The van der Waals surface area contributed by atoms with Crippen LogP contribution < -0.4 is 9.47 Å². The van der Waals surface area contributed by atoms with Gasteiger partial charge in [0.1, 0.15) is 0 Å². The summed E-state index contributed by atoms with van der Waals surface area (Å²) in [6.45, 7) is 5.83. The quantitative estimate of drug-likeness (QED) is 0.542. The smallest absolute Gasteiger partial charge is 0.318 e. The molecule has 1 aromatic rings. The van der Waals surface area contributed by atoms with Crippen LogP contribution >= 0.6 is 0 Å². The number of nitro groups is 1. The molecule has 0 fully saturated rings. The summed E-state index contributed by atoms with van der Waals surface area (Å²) in [6, 6.07) is 3.45. The van der Waals surface area contributed by atoms with Gasteiger partial charge in [0.2, 0.25) is 12.5 Å². The van der Waals surface area contributed by atoms with E-state index >= 15 is 0 Å². The molecule has 5 heteroatoms. The van der Waals surface area contributed by atoms with Crippen LogP contribution in [0.3, 0.4) is 0 Å². The summed E-state index contributed by atoms with van der Waals surface area (Å²) in [5.41, 5.74) is 0.368. The van der Waals surface area contributed by atoms with E-state index in [1.54, 1.807) is 12.1 Å². The van der Waals surface area contributed by atoms with Crippen LogP contribution in [0.5, 0.6) is 11.5 Å². The van der Waals surface area contributed by atoms with Crippen molar-refractivity contribution in [3.05, 3.63) is 27.8 Å². The summed E-state index contributed by atoms with van der Waals surface area (Å²) in [5.74, 6) is 0.692. The largest absolute Gasteiger partial charge is 0.453 e. The summed E-state index contributed by atoms with van der Waals surface area (Å²) < 4.78 is 10.3. The number of hydrogen-bond donors (Lipinski definition) is 0. The second-order valence-electron chi connectivity index (χ2n) is 4.70. The van der Waals surface area contributed by atoms with Gasteiger partial charge in [0, 0.05) is 5.56 Å². The van der Waals surface area contributed by atoms with Crippen LogP contribution in [0.4, 0.5) is 5.69 Å². The van der Waals surface area contributed by atoms with Gasteiger partial charge in [-0.15, -0.1) is 0 Å². The van der Waals surface area contributed by atoms with Crippen LogP contribution in [0.25, 0.3) is 0 Å². The Bertz CT molecular complexity index is 448. The molecular formula is C11H13NO4. The Morgan fingerprint density at radius 3 is 2.56 bits per heavy atom. The summed E-state index contributed by atoms with van der Waals surface area (Å²) in [4.78, 5) is 10.7. The Morgan fingerprint density at radius 2 is 2.00 bits per heavy atom. The van der Waals surface area contributed by atoms with E-state index in [0.717, 1.165) is 0 Å². The molecule has 0 saturated carbocycles. The molecule has 0 spiro atoms. The highest BCUT2D eigenvalue weighted by molar-refractivity contribution is 5.63. The van der Waals surface area contributed by atoms with Gasteiger partial charge in [0.15, 0.2) is 5.75 Å². The van der Waals surface area contributed by atoms with Crippen molar-refractivity contribution < 1.29 is 14.4 Å². The molecule has 0 N–H and O–H groups in total. The maximum Gasteiger partial charge on any atom is 0.318 e. The highest BCUT2D eigenvalue weighted by atomic mass is 16.7. The second-order valence-corrected chi connectivity index (χ2v) is 4.70. The third-order valence-corrected chi connectivity index (χ3v) is 2.50. The lowest BCUT2D eigenvalue weighted by atomic mass is 9.85. The van der Waals surface area contributed by atoms with Gasteiger partial charge in [-0.1, -0.05) is 20.8 Å². The molecule has 0 bridgehead atoms. The maximum atomic E-state index is 11.1. The summed E-state index contributed by atoms with van der Waals surface area (Å²) in [5, 5.41) is 11.1. The molecule has 0 aliphatic carbocycles. The number of nitro benzene ring substituents is 1. The molecule has 0 radical (unpaired) electrons. The van der Waals surface area contributed by atoms with Crippen LogP contribution in [0.2, 0.25) is 0 Å². The third kappa shape index (κ3) is 1.58. The van der Waals surface area contributed by atoms with Crippen molar-refractivity contribution >= 4 is 5.69 Å². The first kappa shape index (κ1) is 10.7. The van der Waals surface area contributed by atoms with Gasteiger partial charge in [-0.25, -0.2) is 0 Å². The van der Waals surface area contributed by atoms with Gasteiger partial charge >= 0.3 is 5.69 Å². The van der Waals surface area contributed by atoms with E-state index in [-0.39, 0.29) is 23.6 Å². The molecule has 1 aliphatic heterocycles. The lowest BCUT2D eigenvalue weighted by Crippen LogP contribution is -2.14. The van der Waals surface area contributed by atoms with Crippen molar-refractivity contribution in [2.24, 2.45) is 0 Å². The molecule has 16 heavy (non-hydrogen) atoms. The zero-order valence-corrected chi connectivity index (χ0v) is 9.44. The number of benzene rings is 1. The normalized spacial score (nSPS) is 13.9. The molecule has 0 amide bonds. The van der Waals surface area contributed by atoms with Crippen LogP contribution in [-0.4, -0.2) is 11.7 Å². The van der Waals surface area contributed by atoms with Crippen molar-refractivity contribution in [2.45, 2.75) is 26.2 Å². The minimum atomic E-state index is -0.409. The van der Waals surface area contributed by atoms with Gasteiger partial charge in [-0.3, -0.25) is 10.1 Å². The summed E-state index contributed by atoms with van der Waals surface area (Å²) >= 11 is 0. The molecular weight excluding hydrogens is 210 g/mol. The molecule has 86 valence electrons. The third-order valence-electron chi connectivity index (χ3n) is 2.50. The van der Waals surface area contributed by atoms with E-state index in [1.807, 2.05) is 20.8 Å². The first-order valence-corrected chi connectivity index (χ1v) is 4.99. The number of nitrogens with zero attached hydrogens (tertiary/aromatic N) is 1. The van der Waals surface area contributed by atoms with Crippen LogP contribution in [0.1, 0.15) is 26.3 Å². The summed E-state index contributed by atoms with van der Waals surface area (Å²) in [7, 11) is 0. The van der Waals surface area contributed by atoms with Crippen LogP contribution in [0.15, 0.2) is 12.1 Å². The number of fused-ring (bicyclic) bond motifs is 1. The monoisotopic (exact) mass is 223 g/mol. The highest BCUT2D eigenvalue weighted by Gasteiger charge is 2.33. The lowest BCUT2D eigenvalue weighted by molar-refractivity contribution is -0.386. The Morgan fingerprint density at radius 1 is 1.31 bits per heavy atom. The maximum absolute atomic E-state index is 11.1. The molecule has 2 rings (SSSR count). The second kappa shape index (κ2) is 3.37. The van der Waals surface area contributed by atoms with E-state index in [1.165, 1.54) is 0 Å². The Labute approximate surface area is 93.1 Å². The number of hydrogen-bond acceptors (Lipinski definition) is 4. The molecule has 0 atom stereocenters. The van der Waals surface area contributed by atoms with Crippen LogP contribution in [-0.2, 0) is 5.41 Å². The number of ether oxygens (including phenoxy) is 2. The van der Waals surface area contributed by atoms with Crippen molar-refractivity contribution in [3.63, 3.8) is 0 Å². The summed E-state index contributed by atoms with van der Waals surface area (Å²) in [6.07, 6.45) is 0. The van der Waals surface area contributed by atoms with E-state index in [2.05, 4.69) is 0 Å². The van der Waals surface area contributed by atoms with Crippen molar-refractivity contribution in [2.75, 3.05) is 6.79 Å². The Hall–Kier alpha value is -1.78. The van der Waals surface area contributed by atoms with Crippen LogP contribution in [0, 0.1) is 10.1 Å². The van der Waals surface area contributed by atoms with Gasteiger partial charge in [-0.05, 0) is 17.5 Å². The molecule has 5 nitrogen and oxygen atoms in total. The fourth-order valence-corrected chi connectivity index (χ4v) is 1.74. The SMILES string of the molecule is CC(C)(C)c1ccc2c(c1[N+](=O)[O-])OCO2. The van der Waals surface area contributed by atoms with E-state index in [9.17, 15) is 10.1 Å². The lowest BCUT2D eigenvalue weighted by Gasteiger charge is -2.19. The van der Waals surface area contributed by atoms with Gasteiger partial charge in [0.25, 0.3) is 0 Å². The Kier molecular flexibility index (Phi) is 2.26. The average molecular weight is 223 g/mol. The molecule has 1 aromatic carbocycles. The zero-order valence-electron chi connectivity index (χ0n) is 9.44. The topological polar surface area (TPSA) is 61.6 Å². The highest BCUT2D eigenvalue weighted by Crippen LogP contribution is 2.46. The molecule has 0 unspecified atom stereocenters. The molecule has 1 aliphatic rings. The predicted octanol–water partition coefficient (Wildman–Crippen LogP) is 2.62. The van der Waals surface area contributed by atoms with Gasteiger partial charge in [-0.2, -0.15) is 0 Å². The minimum Gasteiger partial charge on any atom is -0.453 e. The van der Waals surface area contributed by atoms with Gasteiger partial charge < -0.3 is 9.47 Å².